The van der Waals surface area contributed by atoms with Gasteiger partial charge < -0.3 is 21.8 Å². The van der Waals surface area contributed by atoms with Gasteiger partial charge >= 0.3 is 0 Å². The maximum atomic E-state index is 6.13. The van der Waals surface area contributed by atoms with Gasteiger partial charge in [0, 0.05) is 39.8 Å². The van der Waals surface area contributed by atoms with E-state index in [-0.39, 0.29) is 0 Å². The first kappa shape index (κ1) is 29.0. The lowest BCUT2D eigenvalue weighted by molar-refractivity contribution is 1.19. The fourth-order valence-electron chi connectivity index (χ4n) is 5.78. The lowest BCUT2D eigenvalue weighted by Crippen LogP contribution is -1.98. The van der Waals surface area contributed by atoms with Crippen LogP contribution in [0, 0.1) is 0 Å². The standard InChI is InChI=1S/C40H35N5/c1-3-9-37(43)38-21-17-32(26-44-38)28-14-18-34-30(22-28)16-20-36-35-19-15-29(31(25-42)11-8-10-27(4-2)24-41)23-39(35)45(40(34)36)33-12-6-5-7-13-33/h3-9,11-26H,1-2,10,41-43H2/b11-8-,27-24+,31-25+,37-9-. The van der Waals surface area contributed by atoms with Gasteiger partial charge in [0.2, 0.25) is 0 Å². The molecule has 6 N–H and O–H groups in total. The summed E-state index contributed by atoms with van der Waals surface area (Å²) in [7, 11) is 0. The number of hydrogen-bond acceptors (Lipinski definition) is 4. The van der Waals surface area contributed by atoms with Crippen molar-refractivity contribution < 1.29 is 0 Å². The molecule has 5 heteroatoms. The lowest BCUT2D eigenvalue weighted by atomic mass is 9.99. The van der Waals surface area contributed by atoms with E-state index in [2.05, 4.69) is 108 Å². The summed E-state index contributed by atoms with van der Waals surface area (Å²) in [6.07, 6.45) is 15.0. The molecule has 0 saturated carbocycles. The summed E-state index contributed by atoms with van der Waals surface area (Å²) in [6, 6.07) is 32.0. The van der Waals surface area contributed by atoms with Gasteiger partial charge in [0.05, 0.1) is 22.4 Å². The molecular weight excluding hydrogens is 550 g/mol. The third kappa shape index (κ3) is 5.55. The third-order valence-corrected chi connectivity index (χ3v) is 8.09. The third-order valence-electron chi connectivity index (χ3n) is 8.09. The predicted molar refractivity (Wildman–Crippen MR) is 192 cm³/mol. The van der Waals surface area contributed by atoms with Crippen molar-refractivity contribution in [2.75, 3.05) is 0 Å². The minimum Gasteiger partial charge on any atom is -0.404 e. The molecule has 0 saturated heterocycles. The Bertz CT molecular complexity index is 2180. The van der Waals surface area contributed by atoms with Crippen molar-refractivity contribution in [1.29, 1.82) is 0 Å². The molecule has 0 radical (unpaired) electrons. The Balaban J connectivity index is 1.50. The first-order chi connectivity index (χ1) is 22.1. The van der Waals surface area contributed by atoms with Gasteiger partial charge in [-0.25, -0.2) is 0 Å². The molecule has 45 heavy (non-hydrogen) atoms. The van der Waals surface area contributed by atoms with Crippen molar-refractivity contribution >= 4 is 43.8 Å². The van der Waals surface area contributed by atoms with E-state index in [1.807, 2.05) is 24.4 Å². The van der Waals surface area contributed by atoms with Crippen LogP contribution >= 0.6 is 0 Å². The van der Waals surface area contributed by atoms with E-state index in [4.69, 9.17) is 17.2 Å². The Labute approximate surface area is 263 Å². The maximum absolute atomic E-state index is 6.13. The fraction of sp³-hybridized carbons (Fsp3) is 0.0250. The molecule has 0 bridgehead atoms. The molecule has 0 aliphatic carbocycles. The lowest BCUT2D eigenvalue weighted by Gasteiger charge is -2.11. The zero-order valence-electron chi connectivity index (χ0n) is 25.0. The summed E-state index contributed by atoms with van der Waals surface area (Å²) >= 11 is 0. The number of para-hydroxylation sites is 1. The number of rotatable bonds is 9. The molecule has 0 aliphatic heterocycles. The highest BCUT2D eigenvalue weighted by Gasteiger charge is 2.16. The van der Waals surface area contributed by atoms with Gasteiger partial charge in [0.1, 0.15) is 0 Å². The van der Waals surface area contributed by atoms with Gasteiger partial charge in [-0.1, -0.05) is 98.1 Å². The Morgan fingerprint density at radius 2 is 1.58 bits per heavy atom. The van der Waals surface area contributed by atoms with Gasteiger partial charge in [-0.15, -0.1) is 0 Å². The molecule has 0 aliphatic rings. The van der Waals surface area contributed by atoms with Crippen molar-refractivity contribution in [2.45, 2.75) is 6.42 Å². The quantitative estimate of drug-likeness (QED) is 0.148. The van der Waals surface area contributed by atoms with Crippen LogP contribution in [0.15, 0.2) is 159 Å². The Morgan fingerprint density at radius 1 is 0.800 bits per heavy atom. The summed E-state index contributed by atoms with van der Waals surface area (Å²) in [6.45, 7) is 7.54. The molecule has 0 amide bonds. The number of hydrogen-bond donors (Lipinski definition) is 3. The number of nitrogens with two attached hydrogens (primary N) is 3. The number of fused-ring (bicyclic) bond motifs is 5. The molecular formula is C40H35N5. The van der Waals surface area contributed by atoms with Gasteiger partial charge in [-0.05, 0) is 76.7 Å². The second-order valence-corrected chi connectivity index (χ2v) is 10.8. The summed E-state index contributed by atoms with van der Waals surface area (Å²) in [4.78, 5) is 4.58. The van der Waals surface area contributed by atoms with Crippen LogP contribution in [0.25, 0.3) is 60.7 Å². The first-order valence-corrected chi connectivity index (χ1v) is 14.8. The molecule has 2 heterocycles. The minimum absolute atomic E-state index is 0.588. The van der Waals surface area contributed by atoms with Crippen LogP contribution in [0.3, 0.4) is 0 Å². The largest absolute Gasteiger partial charge is 0.404 e. The van der Waals surface area contributed by atoms with E-state index < -0.39 is 0 Å². The van der Waals surface area contributed by atoms with Gasteiger partial charge in [-0.3, -0.25) is 4.98 Å². The van der Waals surface area contributed by atoms with Crippen LogP contribution in [-0.4, -0.2) is 9.55 Å². The summed E-state index contributed by atoms with van der Waals surface area (Å²) in [5.74, 6) is 0. The van der Waals surface area contributed by atoms with E-state index in [0.29, 0.717) is 12.1 Å². The molecule has 0 atom stereocenters. The van der Waals surface area contributed by atoms with Crippen LogP contribution in [0.5, 0.6) is 0 Å². The fourth-order valence-corrected chi connectivity index (χ4v) is 5.78. The zero-order valence-corrected chi connectivity index (χ0v) is 25.0. The molecule has 4 aromatic carbocycles. The summed E-state index contributed by atoms with van der Waals surface area (Å²) < 4.78 is 2.35. The minimum atomic E-state index is 0.588. The number of aromatic nitrogens is 2. The highest BCUT2D eigenvalue weighted by molar-refractivity contribution is 6.19. The molecule has 2 aromatic heterocycles. The number of pyridine rings is 1. The number of nitrogens with zero attached hydrogens (tertiary/aromatic N) is 2. The topological polar surface area (TPSA) is 95.9 Å². The molecule has 6 rings (SSSR count). The van der Waals surface area contributed by atoms with Crippen LogP contribution in [-0.2, 0) is 0 Å². The molecule has 0 spiro atoms. The van der Waals surface area contributed by atoms with Crippen molar-refractivity contribution in [2.24, 2.45) is 17.2 Å². The van der Waals surface area contributed by atoms with E-state index in [9.17, 15) is 0 Å². The van der Waals surface area contributed by atoms with Crippen LogP contribution in [0.1, 0.15) is 17.7 Å². The first-order valence-electron chi connectivity index (χ1n) is 14.8. The van der Waals surface area contributed by atoms with E-state index >= 15 is 0 Å². The molecule has 0 unspecified atom stereocenters. The van der Waals surface area contributed by atoms with Crippen molar-refractivity contribution in [3.8, 4) is 16.8 Å². The SMILES string of the molecule is C=C/C=C(\N)c1ccc(-c2ccc3c(ccc4c5ccc(C(/C=C\C/C(C=C)=C/N)=C/N)cc5n(-c5ccccc5)c34)c2)cn1. The van der Waals surface area contributed by atoms with E-state index in [0.717, 1.165) is 55.6 Å². The zero-order chi connectivity index (χ0) is 31.3. The van der Waals surface area contributed by atoms with Crippen molar-refractivity contribution in [3.05, 3.63) is 170 Å². The smallest absolute Gasteiger partial charge is 0.0859 e. The van der Waals surface area contributed by atoms with Crippen molar-refractivity contribution in [1.82, 2.24) is 9.55 Å². The molecule has 0 fully saturated rings. The van der Waals surface area contributed by atoms with Crippen LogP contribution < -0.4 is 17.2 Å². The molecule has 5 nitrogen and oxygen atoms in total. The van der Waals surface area contributed by atoms with Crippen LogP contribution in [0.4, 0.5) is 0 Å². The highest BCUT2D eigenvalue weighted by atomic mass is 15.0. The molecule has 6 aromatic rings. The molecule has 220 valence electrons. The second-order valence-electron chi connectivity index (χ2n) is 10.8. The monoisotopic (exact) mass is 585 g/mol. The second kappa shape index (κ2) is 12.7. The van der Waals surface area contributed by atoms with Gasteiger partial charge in [0.15, 0.2) is 0 Å². The average molecular weight is 586 g/mol. The Kier molecular flexibility index (Phi) is 8.16. The Hall–Kier alpha value is -6.07. The summed E-state index contributed by atoms with van der Waals surface area (Å²) in [5, 5.41) is 4.68. The van der Waals surface area contributed by atoms with E-state index in [1.54, 1.807) is 30.6 Å². The Morgan fingerprint density at radius 3 is 2.29 bits per heavy atom. The number of allylic oxidation sites excluding steroid dienone is 7. The van der Waals surface area contributed by atoms with Gasteiger partial charge in [-0.2, -0.15) is 0 Å². The highest BCUT2D eigenvalue weighted by Crippen LogP contribution is 2.39. The maximum Gasteiger partial charge on any atom is 0.0859 e. The normalized spacial score (nSPS) is 12.8. The summed E-state index contributed by atoms with van der Waals surface area (Å²) in [5.41, 5.74) is 27.6. The number of benzene rings is 4. The van der Waals surface area contributed by atoms with Crippen molar-refractivity contribution in [3.63, 3.8) is 0 Å². The predicted octanol–water partition coefficient (Wildman–Crippen LogP) is 8.76. The average Bonchev–Trinajstić information content (AvgIpc) is 3.43. The van der Waals surface area contributed by atoms with E-state index in [1.165, 1.54) is 16.2 Å². The van der Waals surface area contributed by atoms with Crippen LogP contribution in [0.2, 0.25) is 0 Å². The van der Waals surface area contributed by atoms with Gasteiger partial charge in [0.25, 0.3) is 0 Å².